The molecule has 0 amide bonds. The summed E-state index contributed by atoms with van der Waals surface area (Å²) in [5.74, 6) is -0.839. The van der Waals surface area contributed by atoms with Gasteiger partial charge in [-0.1, -0.05) is 30.3 Å². The van der Waals surface area contributed by atoms with E-state index in [0.29, 0.717) is 17.4 Å². The highest BCUT2D eigenvalue weighted by atomic mass is 16.4. The number of hydrogen-bond acceptors (Lipinski definition) is 2. The predicted molar refractivity (Wildman–Crippen MR) is 76.1 cm³/mol. The summed E-state index contributed by atoms with van der Waals surface area (Å²) in [5, 5.41) is 19.5. The van der Waals surface area contributed by atoms with Gasteiger partial charge in [0.2, 0.25) is 0 Å². The number of phenolic OH excluding ortho intramolecular Hbond substituents is 1. The number of fused-ring (bicyclic) bond motifs is 1. The zero-order valence-corrected chi connectivity index (χ0v) is 10.7. The van der Waals surface area contributed by atoms with Gasteiger partial charge in [0.05, 0.1) is 11.1 Å². The number of nitrogens with zero attached hydrogens (tertiary/aromatic N) is 1. The van der Waals surface area contributed by atoms with E-state index in [9.17, 15) is 15.0 Å². The van der Waals surface area contributed by atoms with Crippen LogP contribution in [0.4, 0.5) is 0 Å². The van der Waals surface area contributed by atoms with Gasteiger partial charge in [0, 0.05) is 24.2 Å². The maximum atomic E-state index is 11.3. The van der Waals surface area contributed by atoms with Crippen LogP contribution in [-0.2, 0) is 6.54 Å². The number of phenols is 1. The highest BCUT2D eigenvalue weighted by Gasteiger charge is 2.14. The minimum Gasteiger partial charge on any atom is -0.508 e. The van der Waals surface area contributed by atoms with Crippen molar-refractivity contribution in [3.05, 3.63) is 65.9 Å². The number of carbonyl (C=O) groups is 1. The zero-order valence-electron chi connectivity index (χ0n) is 10.7. The standard InChI is InChI=1S/C16H13NO3/c18-12-6-7-13-14(16(19)20)10-17(15(13)8-12)9-11-4-2-1-3-5-11/h1-8,10,18H,9H2,(H,19,20). The molecule has 3 aromatic rings. The molecule has 100 valence electrons. The Hall–Kier alpha value is -2.75. The molecule has 0 fully saturated rings. The molecule has 1 aromatic heterocycles. The number of aromatic nitrogens is 1. The molecule has 0 atom stereocenters. The minimum atomic E-state index is -0.965. The Bertz CT molecular complexity index is 775. The van der Waals surface area contributed by atoms with E-state index in [1.54, 1.807) is 18.3 Å². The molecule has 20 heavy (non-hydrogen) atoms. The van der Waals surface area contributed by atoms with Gasteiger partial charge in [-0.3, -0.25) is 0 Å². The van der Waals surface area contributed by atoms with Crippen molar-refractivity contribution in [2.24, 2.45) is 0 Å². The summed E-state index contributed by atoms with van der Waals surface area (Å²) in [5.41, 5.74) is 2.03. The molecular weight excluding hydrogens is 254 g/mol. The third-order valence-corrected chi connectivity index (χ3v) is 3.29. The van der Waals surface area contributed by atoms with Gasteiger partial charge in [0.25, 0.3) is 0 Å². The predicted octanol–water partition coefficient (Wildman–Crippen LogP) is 3.09. The van der Waals surface area contributed by atoms with Crippen LogP contribution in [0, 0.1) is 0 Å². The number of aromatic hydroxyl groups is 1. The molecule has 2 N–H and O–H groups in total. The summed E-state index contributed by atoms with van der Waals surface area (Å²) in [6.45, 7) is 0.564. The molecule has 0 saturated carbocycles. The molecule has 4 heteroatoms. The van der Waals surface area contributed by atoms with E-state index < -0.39 is 5.97 Å². The molecule has 1 heterocycles. The minimum absolute atomic E-state index is 0.127. The maximum absolute atomic E-state index is 11.3. The van der Waals surface area contributed by atoms with Crippen LogP contribution in [0.1, 0.15) is 15.9 Å². The van der Waals surface area contributed by atoms with Crippen LogP contribution in [0.2, 0.25) is 0 Å². The lowest BCUT2D eigenvalue weighted by Gasteiger charge is -2.05. The first kappa shape index (κ1) is 12.3. The second-order valence-corrected chi connectivity index (χ2v) is 4.66. The lowest BCUT2D eigenvalue weighted by molar-refractivity contribution is 0.0699. The molecule has 0 aliphatic heterocycles. The van der Waals surface area contributed by atoms with Gasteiger partial charge < -0.3 is 14.8 Å². The first-order valence-electron chi connectivity index (χ1n) is 6.24. The average Bonchev–Trinajstić information content (AvgIpc) is 2.78. The van der Waals surface area contributed by atoms with E-state index in [-0.39, 0.29) is 11.3 Å². The van der Waals surface area contributed by atoms with Crippen LogP contribution in [0.15, 0.2) is 54.7 Å². The average molecular weight is 267 g/mol. The number of carboxylic acid groups (broad SMARTS) is 1. The smallest absolute Gasteiger partial charge is 0.337 e. The van der Waals surface area contributed by atoms with Crippen molar-refractivity contribution < 1.29 is 15.0 Å². The Morgan fingerprint density at radius 3 is 2.55 bits per heavy atom. The number of rotatable bonds is 3. The van der Waals surface area contributed by atoms with Crippen LogP contribution in [-0.4, -0.2) is 20.7 Å². The Balaban J connectivity index is 2.15. The highest BCUT2D eigenvalue weighted by Crippen LogP contribution is 2.26. The van der Waals surface area contributed by atoms with Gasteiger partial charge in [-0.05, 0) is 17.7 Å². The lowest BCUT2D eigenvalue weighted by atomic mass is 10.1. The van der Waals surface area contributed by atoms with E-state index in [4.69, 9.17) is 0 Å². The number of hydrogen-bond donors (Lipinski definition) is 2. The van der Waals surface area contributed by atoms with Gasteiger partial charge in [-0.15, -0.1) is 0 Å². The first-order valence-corrected chi connectivity index (χ1v) is 6.24. The van der Waals surface area contributed by atoms with Crippen molar-refractivity contribution in [1.29, 1.82) is 0 Å². The van der Waals surface area contributed by atoms with Crippen LogP contribution >= 0.6 is 0 Å². The Morgan fingerprint density at radius 1 is 1.10 bits per heavy atom. The molecular formula is C16H13NO3. The SMILES string of the molecule is O=C(O)c1cn(Cc2ccccc2)c2cc(O)ccc12. The van der Waals surface area contributed by atoms with Crippen molar-refractivity contribution in [3.63, 3.8) is 0 Å². The number of carboxylic acids is 1. The third kappa shape index (κ3) is 2.12. The normalized spacial score (nSPS) is 10.8. The molecule has 3 rings (SSSR count). The fourth-order valence-corrected chi connectivity index (χ4v) is 2.36. The van der Waals surface area contributed by atoms with Gasteiger partial charge in [-0.2, -0.15) is 0 Å². The van der Waals surface area contributed by atoms with Crippen molar-refractivity contribution in [3.8, 4) is 5.75 Å². The summed E-state index contributed by atoms with van der Waals surface area (Å²) in [7, 11) is 0. The molecule has 0 unspecified atom stereocenters. The molecule has 0 radical (unpaired) electrons. The highest BCUT2D eigenvalue weighted by molar-refractivity contribution is 6.03. The number of aromatic carboxylic acids is 1. The van der Waals surface area contributed by atoms with Gasteiger partial charge in [0.15, 0.2) is 0 Å². The van der Waals surface area contributed by atoms with E-state index >= 15 is 0 Å². The van der Waals surface area contributed by atoms with Crippen molar-refractivity contribution in [1.82, 2.24) is 4.57 Å². The lowest BCUT2D eigenvalue weighted by Crippen LogP contribution is -1.98. The Morgan fingerprint density at radius 2 is 1.85 bits per heavy atom. The maximum Gasteiger partial charge on any atom is 0.337 e. The molecule has 4 nitrogen and oxygen atoms in total. The van der Waals surface area contributed by atoms with Gasteiger partial charge in [0.1, 0.15) is 5.75 Å². The van der Waals surface area contributed by atoms with E-state index in [2.05, 4.69) is 0 Å². The molecule has 0 bridgehead atoms. The first-order chi connectivity index (χ1) is 9.65. The van der Waals surface area contributed by atoms with Gasteiger partial charge in [-0.25, -0.2) is 4.79 Å². The monoisotopic (exact) mass is 267 g/mol. The van der Waals surface area contributed by atoms with Crippen LogP contribution in [0.5, 0.6) is 5.75 Å². The van der Waals surface area contributed by atoms with E-state index in [0.717, 1.165) is 5.56 Å². The van der Waals surface area contributed by atoms with E-state index in [1.165, 1.54) is 6.07 Å². The topological polar surface area (TPSA) is 62.5 Å². The van der Waals surface area contributed by atoms with Crippen LogP contribution in [0.25, 0.3) is 10.9 Å². The summed E-state index contributed by atoms with van der Waals surface area (Å²) in [6.07, 6.45) is 1.61. The Labute approximate surface area is 115 Å². The van der Waals surface area contributed by atoms with E-state index in [1.807, 2.05) is 34.9 Å². The third-order valence-electron chi connectivity index (χ3n) is 3.29. The van der Waals surface area contributed by atoms with Crippen molar-refractivity contribution >= 4 is 16.9 Å². The van der Waals surface area contributed by atoms with Crippen LogP contribution < -0.4 is 0 Å². The summed E-state index contributed by atoms with van der Waals surface area (Å²) in [6, 6.07) is 14.5. The Kier molecular flexibility index (Phi) is 2.91. The number of benzene rings is 2. The fraction of sp³-hybridized carbons (Fsp3) is 0.0625. The van der Waals surface area contributed by atoms with Gasteiger partial charge >= 0.3 is 5.97 Å². The summed E-state index contributed by atoms with van der Waals surface area (Å²) < 4.78 is 1.84. The van der Waals surface area contributed by atoms with Crippen LogP contribution in [0.3, 0.4) is 0 Å². The fourth-order valence-electron chi connectivity index (χ4n) is 2.36. The molecule has 0 saturated heterocycles. The largest absolute Gasteiger partial charge is 0.508 e. The quantitative estimate of drug-likeness (QED) is 0.766. The second-order valence-electron chi connectivity index (χ2n) is 4.66. The zero-order chi connectivity index (χ0) is 14.1. The molecule has 0 spiro atoms. The summed E-state index contributed by atoms with van der Waals surface area (Å²) >= 11 is 0. The molecule has 2 aromatic carbocycles. The molecule has 0 aliphatic rings. The second kappa shape index (κ2) is 4.74. The van der Waals surface area contributed by atoms with Crippen molar-refractivity contribution in [2.45, 2.75) is 6.54 Å². The van der Waals surface area contributed by atoms with Crippen molar-refractivity contribution in [2.75, 3.05) is 0 Å². The molecule has 0 aliphatic carbocycles. The summed E-state index contributed by atoms with van der Waals surface area (Å²) in [4.78, 5) is 11.3.